The van der Waals surface area contributed by atoms with Gasteiger partial charge < -0.3 is 10.5 Å². The van der Waals surface area contributed by atoms with Crippen LogP contribution >= 0.6 is 0 Å². The molecule has 25 heavy (non-hydrogen) atoms. The highest BCUT2D eigenvalue weighted by Crippen LogP contribution is 2.36. The number of fused-ring (bicyclic) bond motifs is 1. The summed E-state index contributed by atoms with van der Waals surface area (Å²) in [6.07, 6.45) is 7.15. The van der Waals surface area contributed by atoms with Gasteiger partial charge in [-0.3, -0.25) is 0 Å². The third-order valence-electron chi connectivity index (χ3n) is 5.98. The van der Waals surface area contributed by atoms with Gasteiger partial charge in [0.1, 0.15) is 5.75 Å². The molecule has 2 N–H and O–H groups in total. The quantitative estimate of drug-likeness (QED) is 0.873. The first kappa shape index (κ1) is 16.7. The molecule has 0 amide bonds. The van der Waals surface area contributed by atoms with Crippen LogP contribution in [0.1, 0.15) is 53.9 Å². The third kappa shape index (κ3) is 3.90. The highest BCUT2D eigenvalue weighted by molar-refractivity contribution is 5.36. The Morgan fingerprint density at radius 1 is 1.04 bits per heavy atom. The van der Waals surface area contributed by atoms with Gasteiger partial charge in [0, 0.05) is 6.04 Å². The summed E-state index contributed by atoms with van der Waals surface area (Å²) in [7, 11) is 0. The van der Waals surface area contributed by atoms with Gasteiger partial charge in [-0.2, -0.15) is 0 Å². The van der Waals surface area contributed by atoms with E-state index in [1.807, 2.05) is 0 Å². The summed E-state index contributed by atoms with van der Waals surface area (Å²) in [4.78, 5) is 0. The Balaban J connectivity index is 1.38. The Kier molecular flexibility index (Phi) is 4.80. The van der Waals surface area contributed by atoms with Gasteiger partial charge >= 0.3 is 0 Å². The Bertz CT molecular complexity index is 739. The summed E-state index contributed by atoms with van der Waals surface area (Å²) < 4.78 is 6.04. The molecule has 0 aromatic heterocycles. The summed E-state index contributed by atoms with van der Waals surface area (Å²) in [5.74, 6) is 2.31. The van der Waals surface area contributed by atoms with Crippen LogP contribution in [0.5, 0.6) is 5.75 Å². The first-order valence-corrected chi connectivity index (χ1v) is 9.74. The first-order valence-electron chi connectivity index (χ1n) is 9.74. The Morgan fingerprint density at radius 2 is 1.96 bits per heavy atom. The van der Waals surface area contributed by atoms with Gasteiger partial charge in [0.15, 0.2) is 0 Å². The largest absolute Gasteiger partial charge is 0.493 e. The van der Waals surface area contributed by atoms with Gasteiger partial charge in [-0.05, 0) is 91.7 Å². The van der Waals surface area contributed by atoms with Crippen LogP contribution < -0.4 is 10.5 Å². The van der Waals surface area contributed by atoms with Crippen LogP contribution in [0, 0.1) is 12.8 Å². The van der Waals surface area contributed by atoms with Gasteiger partial charge in [0.25, 0.3) is 0 Å². The number of ether oxygens (including phenoxy) is 1. The number of nitrogens with two attached hydrogens (primary N) is 1. The molecule has 0 radical (unpaired) electrons. The molecule has 0 heterocycles. The predicted molar refractivity (Wildman–Crippen MR) is 103 cm³/mol. The molecule has 3 unspecified atom stereocenters. The van der Waals surface area contributed by atoms with Crippen molar-refractivity contribution in [2.24, 2.45) is 11.7 Å². The average Bonchev–Trinajstić information content (AvgIpc) is 3.06. The minimum absolute atomic E-state index is 0.407. The summed E-state index contributed by atoms with van der Waals surface area (Å²) in [6, 6.07) is 16.0. The zero-order valence-electron chi connectivity index (χ0n) is 15.2. The normalized spacial score (nSPS) is 25.6. The monoisotopic (exact) mass is 335 g/mol. The molecule has 0 bridgehead atoms. The van der Waals surface area contributed by atoms with Crippen LogP contribution in [-0.4, -0.2) is 12.6 Å². The summed E-state index contributed by atoms with van der Waals surface area (Å²) >= 11 is 0. The van der Waals surface area contributed by atoms with Crippen molar-refractivity contribution in [3.63, 3.8) is 0 Å². The van der Waals surface area contributed by atoms with E-state index in [2.05, 4.69) is 49.4 Å². The molecule has 1 fully saturated rings. The lowest BCUT2D eigenvalue weighted by Crippen LogP contribution is -2.21. The minimum atomic E-state index is 0.407. The predicted octanol–water partition coefficient (Wildman–Crippen LogP) is 4.77. The van der Waals surface area contributed by atoms with E-state index in [1.165, 1.54) is 42.4 Å². The lowest BCUT2D eigenvalue weighted by molar-refractivity contribution is 0.234. The lowest BCUT2D eigenvalue weighted by atomic mass is 9.82. The second kappa shape index (κ2) is 7.21. The fraction of sp³-hybridized carbons (Fsp3) is 0.478. The van der Waals surface area contributed by atoms with E-state index >= 15 is 0 Å². The standard InChI is InChI=1S/C23H29NO/c1-16-3-2-4-23(11-16)25-15-17-5-6-19-13-20(8-7-18(19)12-17)21-9-10-22(24)14-21/h2-4,7-8,11,13,17,21-22H,5-6,9-10,12,14-15,24H2,1H3. The van der Waals surface area contributed by atoms with Gasteiger partial charge in [-0.15, -0.1) is 0 Å². The molecule has 2 aliphatic rings. The molecule has 2 aromatic carbocycles. The van der Waals surface area contributed by atoms with Crippen LogP contribution in [-0.2, 0) is 12.8 Å². The number of hydrogen-bond donors (Lipinski definition) is 1. The topological polar surface area (TPSA) is 35.2 Å². The minimum Gasteiger partial charge on any atom is -0.493 e. The molecular weight excluding hydrogens is 306 g/mol. The van der Waals surface area contributed by atoms with Gasteiger partial charge in [-0.1, -0.05) is 30.3 Å². The Morgan fingerprint density at radius 3 is 2.76 bits per heavy atom. The maximum absolute atomic E-state index is 6.10. The Hall–Kier alpha value is -1.80. The fourth-order valence-electron chi connectivity index (χ4n) is 4.48. The average molecular weight is 335 g/mol. The molecular formula is C23H29NO. The van der Waals surface area contributed by atoms with Gasteiger partial charge in [-0.25, -0.2) is 0 Å². The van der Waals surface area contributed by atoms with E-state index < -0.39 is 0 Å². The van der Waals surface area contributed by atoms with Crippen molar-refractivity contribution in [3.8, 4) is 5.75 Å². The van der Waals surface area contributed by atoms with E-state index in [9.17, 15) is 0 Å². The molecule has 2 aromatic rings. The molecule has 2 heteroatoms. The van der Waals surface area contributed by atoms with Crippen molar-refractivity contribution in [1.82, 2.24) is 0 Å². The van der Waals surface area contributed by atoms with Crippen LogP contribution in [0.25, 0.3) is 0 Å². The van der Waals surface area contributed by atoms with E-state index in [4.69, 9.17) is 10.5 Å². The van der Waals surface area contributed by atoms with Gasteiger partial charge in [0.2, 0.25) is 0 Å². The van der Waals surface area contributed by atoms with Crippen LogP contribution in [0.4, 0.5) is 0 Å². The SMILES string of the molecule is Cc1cccc(OCC2CCc3cc(C4CCC(N)C4)ccc3C2)c1. The molecule has 4 rings (SSSR count). The number of benzene rings is 2. The highest BCUT2D eigenvalue weighted by Gasteiger charge is 2.25. The van der Waals surface area contributed by atoms with Crippen molar-refractivity contribution >= 4 is 0 Å². The summed E-state index contributed by atoms with van der Waals surface area (Å²) in [6.45, 7) is 2.93. The summed E-state index contributed by atoms with van der Waals surface area (Å²) in [5.41, 5.74) is 11.9. The van der Waals surface area contributed by atoms with Crippen LogP contribution in [0.3, 0.4) is 0 Å². The van der Waals surface area contributed by atoms with Crippen molar-refractivity contribution in [2.45, 2.75) is 57.4 Å². The van der Waals surface area contributed by atoms with Crippen LogP contribution in [0.15, 0.2) is 42.5 Å². The van der Waals surface area contributed by atoms with E-state index in [0.717, 1.165) is 25.2 Å². The molecule has 1 saturated carbocycles. The molecule has 0 saturated heterocycles. The molecule has 0 spiro atoms. The molecule has 3 atom stereocenters. The number of aryl methyl sites for hydroxylation is 2. The number of rotatable bonds is 4. The highest BCUT2D eigenvalue weighted by atomic mass is 16.5. The maximum Gasteiger partial charge on any atom is 0.119 e. The summed E-state index contributed by atoms with van der Waals surface area (Å²) in [5, 5.41) is 0. The molecule has 132 valence electrons. The third-order valence-corrected chi connectivity index (χ3v) is 5.98. The van der Waals surface area contributed by atoms with Crippen molar-refractivity contribution in [2.75, 3.05) is 6.61 Å². The van der Waals surface area contributed by atoms with Crippen molar-refractivity contribution in [1.29, 1.82) is 0 Å². The zero-order valence-corrected chi connectivity index (χ0v) is 15.2. The second-order valence-electron chi connectivity index (χ2n) is 8.03. The zero-order chi connectivity index (χ0) is 17.2. The Labute approximate surface area is 151 Å². The second-order valence-corrected chi connectivity index (χ2v) is 8.03. The van der Waals surface area contributed by atoms with Gasteiger partial charge in [0.05, 0.1) is 6.61 Å². The molecule has 0 aliphatic heterocycles. The van der Waals surface area contributed by atoms with E-state index in [0.29, 0.717) is 17.9 Å². The first-order chi connectivity index (χ1) is 12.2. The molecule has 2 nitrogen and oxygen atoms in total. The molecule has 2 aliphatic carbocycles. The maximum atomic E-state index is 6.10. The van der Waals surface area contributed by atoms with Crippen molar-refractivity contribution in [3.05, 3.63) is 64.7 Å². The lowest BCUT2D eigenvalue weighted by Gasteiger charge is -2.26. The van der Waals surface area contributed by atoms with Crippen LogP contribution in [0.2, 0.25) is 0 Å². The van der Waals surface area contributed by atoms with E-state index in [1.54, 1.807) is 5.56 Å². The number of hydrogen-bond acceptors (Lipinski definition) is 2. The smallest absolute Gasteiger partial charge is 0.119 e. The van der Waals surface area contributed by atoms with Crippen molar-refractivity contribution < 1.29 is 4.74 Å². The fourth-order valence-corrected chi connectivity index (χ4v) is 4.48. The van der Waals surface area contributed by atoms with E-state index in [-0.39, 0.29) is 0 Å².